The molecule has 25 heavy (non-hydrogen) atoms. The maximum atomic E-state index is 12.3. The molecule has 0 radical (unpaired) electrons. The molecule has 0 aromatic heterocycles. The minimum absolute atomic E-state index is 0.0832. The number of carbonyl (C=O) groups excluding carboxylic acids is 1. The van der Waals surface area contributed by atoms with Crippen LogP contribution < -0.4 is 0 Å². The van der Waals surface area contributed by atoms with Gasteiger partial charge >= 0.3 is 0 Å². The highest BCUT2D eigenvalue weighted by molar-refractivity contribution is 5.86. The summed E-state index contributed by atoms with van der Waals surface area (Å²) < 4.78 is 0. The van der Waals surface area contributed by atoms with Crippen LogP contribution in [0, 0.1) is 34.5 Å². The first-order valence-corrected chi connectivity index (χ1v) is 10.2. The molecule has 0 amide bonds. The molecule has 4 aliphatic rings. The van der Waals surface area contributed by atoms with Gasteiger partial charge < -0.3 is 15.3 Å². The van der Waals surface area contributed by atoms with Crippen LogP contribution in [0.2, 0.25) is 0 Å². The van der Waals surface area contributed by atoms with Crippen LogP contribution in [0.5, 0.6) is 0 Å². The van der Waals surface area contributed by atoms with Crippen molar-refractivity contribution in [2.24, 2.45) is 34.5 Å². The highest BCUT2D eigenvalue weighted by Gasteiger charge is 2.67. The summed E-state index contributed by atoms with van der Waals surface area (Å²) in [6, 6.07) is 0. The Kier molecular flexibility index (Phi) is 3.97. The fraction of sp³-hybridized carbons (Fsp3) is 0.952. The van der Waals surface area contributed by atoms with Gasteiger partial charge in [0.25, 0.3) is 0 Å². The van der Waals surface area contributed by atoms with Gasteiger partial charge in [-0.2, -0.15) is 0 Å². The van der Waals surface area contributed by atoms with Crippen LogP contribution in [-0.2, 0) is 4.79 Å². The second-order valence-corrected chi connectivity index (χ2v) is 10.1. The molecule has 0 saturated heterocycles. The molecule has 0 aromatic rings. The van der Waals surface area contributed by atoms with Crippen LogP contribution in [0.4, 0.5) is 0 Å². The predicted octanol–water partition coefficient (Wildman–Crippen LogP) is 2.68. The number of hydrogen-bond donors (Lipinski definition) is 3. The van der Waals surface area contributed by atoms with E-state index in [2.05, 4.69) is 13.8 Å². The van der Waals surface area contributed by atoms with Crippen molar-refractivity contribution < 1.29 is 20.1 Å². The molecule has 9 atom stereocenters. The van der Waals surface area contributed by atoms with Crippen molar-refractivity contribution >= 4 is 5.78 Å². The summed E-state index contributed by atoms with van der Waals surface area (Å²) in [5.41, 5.74) is -1.45. The second kappa shape index (κ2) is 5.53. The average molecular weight is 350 g/mol. The van der Waals surface area contributed by atoms with Gasteiger partial charge in [-0.25, -0.2) is 0 Å². The minimum Gasteiger partial charge on any atom is -0.393 e. The predicted molar refractivity (Wildman–Crippen MR) is 94.8 cm³/mol. The van der Waals surface area contributed by atoms with Crippen molar-refractivity contribution in [2.75, 3.05) is 0 Å². The Hall–Kier alpha value is -0.450. The highest BCUT2D eigenvalue weighted by atomic mass is 16.3. The maximum Gasteiger partial charge on any atom is 0.161 e. The lowest BCUT2D eigenvalue weighted by molar-refractivity contribution is -0.189. The van der Waals surface area contributed by atoms with Crippen molar-refractivity contribution in [1.82, 2.24) is 0 Å². The number of fused-ring (bicyclic) bond motifs is 5. The summed E-state index contributed by atoms with van der Waals surface area (Å²) in [5, 5.41) is 32.2. The third-order valence-corrected chi connectivity index (χ3v) is 9.39. The Morgan fingerprint density at radius 2 is 1.60 bits per heavy atom. The van der Waals surface area contributed by atoms with Crippen molar-refractivity contribution in [3.05, 3.63) is 0 Å². The van der Waals surface area contributed by atoms with Gasteiger partial charge in [0.2, 0.25) is 0 Å². The molecule has 3 N–H and O–H groups in total. The van der Waals surface area contributed by atoms with E-state index in [0.29, 0.717) is 24.2 Å². The van der Waals surface area contributed by atoms with Gasteiger partial charge in [0.15, 0.2) is 5.78 Å². The number of ketones is 1. The molecule has 0 aliphatic heterocycles. The summed E-state index contributed by atoms with van der Waals surface area (Å²) in [4.78, 5) is 12.3. The number of carbonyl (C=O) groups is 1. The fourth-order valence-electron chi connectivity index (χ4n) is 7.87. The van der Waals surface area contributed by atoms with E-state index in [1.54, 1.807) is 0 Å². The number of aliphatic hydroxyl groups excluding tert-OH is 2. The molecule has 0 aromatic carbocycles. The molecule has 0 unspecified atom stereocenters. The van der Waals surface area contributed by atoms with Crippen LogP contribution in [0.3, 0.4) is 0 Å². The molecule has 4 aliphatic carbocycles. The lowest BCUT2D eigenvalue weighted by Gasteiger charge is -2.62. The van der Waals surface area contributed by atoms with Crippen LogP contribution in [0.15, 0.2) is 0 Å². The summed E-state index contributed by atoms with van der Waals surface area (Å²) >= 11 is 0. The molecule has 4 fully saturated rings. The number of rotatable bonds is 1. The zero-order valence-electron chi connectivity index (χ0n) is 15.9. The molecule has 0 heterocycles. The van der Waals surface area contributed by atoms with E-state index in [0.717, 1.165) is 44.9 Å². The fourth-order valence-corrected chi connectivity index (χ4v) is 7.87. The van der Waals surface area contributed by atoms with Crippen molar-refractivity contribution in [3.8, 4) is 0 Å². The topological polar surface area (TPSA) is 77.8 Å². The third-order valence-electron chi connectivity index (χ3n) is 9.39. The normalized spacial score (nSPS) is 58.2. The Bertz CT molecular complexity index is 576. The largest absolute Gasteiger partial charge is 0.393 e. The average Bonchev–Trinajstić information content (AvgIpc) is 2.83. The number of Topliss-reactive ketones (excluding diaryl/α,β-unsaturated/α-hetero) is 1. The smallest absolute Gasteiger partial charge is 0.161 e. The first kappa shape index (κ1) is 17.9. The first-order valence-electron chi connectivity index (χ1n) is 10.2. The minimum atomic E-state index is -1.19. The monoisotopic (exact) mass is 350 g/mol. The maximum absolute atomic E-state index is 12.3. The molecular weight excluding hydrogens is 316 g/mol. The Morgan fingerprint density at radius 1 is 0.920 bits per heavy atom. The lowest BCUT2D eigenvalue weighted by Crippen LogP contribution is -2.61. The number of hydrogen-bond acceptors (Lipinski definition) is 4. The third kappa shape index (κ3) is 2.20. The quantitative estimate of drug-likeness (QED) is 0.679. The highest BCUT2D eigenvalue weighted by Crippen LogP contribution is 2.68. The van der Waals surface area contributed by atoms with E-state index in [-0.39, 0.29) is 34.7 Å². The van der Waals surface area contributed by atoms with E-state index in [9.17, 15) is 20.1 Å². The SMILES string of the molecule is CC(=O)[C@@]1(O)CC[C@@H]2[C@@H]3C[C@H](O)[C@@H]4C[C@H](O)CC[C@]4(C)[C@H]3CC[C@@]21C. The molecule has 0 bridgehead atoms. The summed E-state index contributed by atoms with van der Waals surface area (Å²) in [6.07, 6.45) is 6.07. The Morgan fingerprint density at radius 3 is 2.28 bits per heavy atom. The summed E-state index contributed by atoms with van der Waals surface area (Å²) in [7, 11) is 0. The van der Waals surface area contributed by atoms with Crippen molar-refractivity contribution in [3.63, 3.8) is 0 Å². The molecule has 0 spiro atoms. The van der Waals surface area contributed by atoms with E-state index >= 15 is 0 Å². The van der Waals surface area contributed by atoms with E-state index in [1.165, 1.54) is 6.92 Å². The van der Waals surface area contributed by atoms with Gasteiger partial charge in [-0.15, -0.1) is 0 Å². The molecule has 142 valence electrons. The van der Waals surface area contributed by atoms with Gasteiger partial charge in [-0.3, -0.25) is 4.79 Å². The molecule has 4 nitrogen and oxygen atoms in total. The zero-order valence-corrected chi connectivity index (χ0v) is 15.9. The Labute approximate surface area is 151 Å². The molecule has 4 rings (SSSR count). The standard InChI is InChI=1S/C21H34O4/c1-12(22)21(25)9-6-16-14-11-18(24)17-10-13(23)4-7-19(17,2)15(14)5-8-20(16,21)3/h13-18,23-25H,4-11H2,1-3H3/t13-,14-,15+,16-,17+,18+,19-,20+,21+/m1/s1. The van der Waals surface area contributed by atoms with Gasteiger partial charge in [-0.05, 0) is 87.4 Å². The van der Waals surface area contributed by atoms with Crippen molar-refractivity contribution in [1.29, 1.82) is 0 Å². The van der Waals surface area contributed by atoms with E-state index < -0.39 is 5.60 Å². The summed E-state index contributed by atoms with van der Waals surface area (Å²) in [5.74, 6) is 1.35. The van der Waals surface area contributed by atoms with Gasteiger partial charge in [0, 0.05) is 5.41 Å². The van der Waals surface area contributed by atoms with Gasteiger partial charge in [0.05, 0.1) is 12.2 Å². The van der Waals surface area contributed by atoms with Crippen LogP contribution in [0.1, 0.15) is 72.1 Å². The summed E-state index contributed by atoms with van der Waals surface area (Å²) in [6.45, 7) is 5.99. The number of aliphatic hydroxyl groups is 3. The lowest BCUT2D eigenvalue weighted by atomic mass is 9.43. The molecule has 4 heteroatoms. The van der Waals surface area contributed by atoms with Gasteiger partial charge in [-0.1, -0.05) is 13.8 Å². The van der Waals surface area contributed by atoms with E-state index in [4.69, 9.17) is 0 Å². The van der Waals surface area contributed by atoms with Gasteiger partial charge in [0.1, 0.15) is 5.60 Å². The van der Waals surface area contributed by atoms with E-state index in [1.807, 2.05) is 0 Å². The molecule has 4 saturated carbocycles. The van der Waals surface area contributed by atoms with Crippen molar-refractivity contribution in [2.45, 2.75) is 89.9 Å². The van der Waals surface area contributed by atoms with Crippen LogP contribution >= 0.6 is 0 Å². The van der Waals surface area contributed by atoms with Crippen LogP contribution in [-0.4, -0.2) is 38.9 Å². The molecular formula is C21H34O4. The van der Waals surface area contributed by atoms with Crippen LogP contribution in [0.25, 0.3) is 0 Å². The first-order chi connectivity index (χ1) is 11.6. The Balaban J connectivity index is 1.68. The zero-order chi connectivity index (χ0) is 18.2. The second-order valence-electron chi connectivity index (χ2n) is 10.1.